The SMILES string of the molecule is O=c1cccnn1-c1ccc(N[C@H]2CC[C@H](Nc3ncc4sccc4n3)C2)nc1. The Hall–Kier alpha value is -3.33. The molecule has 0 aliphatic heterocycles. The van der Waals surface area contributed by atoms with Crippen molar-refractivity contribution < 1.29 is 0 Å². The molecule has 9 heteroatoms. The van der Waals surface area contributed by atoms with Gasteiger partial charge in [0.2, 0.25) is 5.95 Å². The molecule has 2 atom stereocenters. The van der Waals surface area contributed by atoms with Gasteiger partial charge in [0.25, 0.3) is 5.56 Å². The van der Waals surface area contributed by atoms with Crippen molar-refractivity contribution in [3.05, 3.63) is 64.7 Å². The molecule has 0 bridgehead atoms. The predicted molar refractivity (Wildman–Crippen MR) is 114 cm³/mol. The number of fused-ring (bicyclic) bond motifs is 1. The van der Waals surface area contributed by atoms with E-state index in [-0.39, 0.29) is 5.56 Å². The lowest BCUT2D eigenvalue weighted by Gasteiger charge is -2.15. The zero-order chi connectivity index (χ0) is 19.6. The van der Waals surface area contributed by atoms with Crippen molar-refractivity contribution in [1.29, 1.82) is 0 Å². The monoisotopic (exact) mass is 405 g/mol. The van der Waals surface area contributed by atoms with Crippen LogP contribution < -0.4 is 16.2 Å². The van der Waals surface area contributed by atoms with Crippen molar-refractivity contribution in [2.24, 2.45) is 0 Å². The molecule has 0 unspecified atom stereocenters. The van der Waals surface area contributed by atoms with Crippen LogP contribution in [0.2, 0.25) is 0 Å². The lowest BCUT2D eigenvalue weighted by atomic mass is 10.2. The molecular formula is C20H19N7OS. The summed E-state index contributed by atoms with van der Waals surface area (Å²) >= 11 is 1.65. The molecule has 5 rings (SSSR count). The van der Waals surface area contributed by atoms with Gasteiger partial charge in [-0.15, -0.1) is 11.3 Å². The average molecular weight is 405 g/mol. The van der Waals surface area contributed by atoms with E-state index >= 15 is 0 Å². The molecule has 2 N–H and O–H groups in total. The van der Waals surface area contributed by atoms with Crippen LogP contribution in [0.15, 0.2) is 59.1 Å². The van der Waals surface area contributed by atoms with E-state index < -0.39 is 0 Å². The van der Waals surface area contributed by atoms with Gasteiger partial charge in [-0.1, -0.05) is 0 Å². The van der Waals surface area contributed by atoms with E-state index in [0.29, 0.717) is 23.7 Å². The maximum Gasteiger partial charge on any atom is 0.271 e. The highest BCUT2D eigenvalue weighted by atomic mass is 32.1. The van der Waals surface area contributed by atoms with Crippen LogP contribution in [-0.2, 0) is 0 Å². The summed E-state index contributed by atoms with van der Waals surface area (Å²) in [5, 5.41) is 13.0. The minimum Gasteiger partial charge on any atom is -0.367 e. The molecular weight excluding hydrogens is 386 g/mol. The Kier molecular flexibility index (Phi) is 4.65. The highest BCUT2D eigenvalue weighted by molar-refractivity contribution is 7.17. The minimum absolute atomic E-state index is 0.178. The molecule has 0 saturated heterocycles. The van der Waals surface area contributed by atoms with E-state index in [0.717, 1.165) is 35.3 Å². The van der Waals surface area contributed by atoms with Crippen LogP contribution in [-0.4, -0.2) is 36.8 Å². The van der Waals surface area contributed by atoms with Crippen LogP contribution in [0.1, 0.15) is 19.3 Å². The average Bonchev–Trinajstić information content (AvgIpc) is 3.38. The summed E-state index contributed by atoms with van der Waals surface area (Å²) in [7, 11) is 0. The van der Waals surface area contributed by atoms with E-state index in [1.54, 1.807) is 29.8 Å². The first-order valence-corrected chi connectivity index (χ1v) is 10.4. The Morgan fingerprint density at radius 2 is 1.93 bits per heavy atom. The summed E-state index contributed by atoms with van der Waals surface area (Å²) in [4.78, 5) is 25.3. The third-order valence-electron chi connectivity index (χ3n) is 5.03. The van der Waals surface area contributed by atoms with Crippen molar-refractivity contribution in [3.63, 3.8) is 0 Å². The third kappa shape index (κ3) is 3.81. The van der Waals surface area contributed by atoms with Crippen molar-refractivity contribution in [2.75, 3.05) is 10.6 Å². The Balaban J connectivity index is 1.20. The predicted octanol–water partition coefficient (Wildman–Crippen LogP) is 3.08. The first-order valence-electron chi connectivity index (χ1n) is 9.49. The van der Waals surface area contributed by atoms with Gasteiger partial charge >= 0.3 is 0 Å². The summed E-state index contributed by atoms with van der Waals surface area (Å²) in [5.74, 6) is 1.48. The van der Waals surface area contributed by atoms with Crippen LogP contribution in [0.3, 0.4) is 0 Å². The van der Waals surface area contributed by atoms with Gasteiger partial charge in [-0.3, -0.25) is 4.79 Å². The Bertz CT molecular complexity index is 1190. The van der Waals surface area contributed by atoms with E-state index in [1.807, 2.05) is 29.8 Å². The number of anilines is 2. The molecule has 0 spiro atoms. The number of nitrogens with zero attached hydrogens (tertiary/aromatic N) is 5. The standard InChI is InChI=1S/C20H19N7OS/c28-19-2-1-8-23-27(19)15-5-6-18(21-11-15)24-13-3-4-14(10-13)25-20-22-12-17-16(26-20)7-9-29-17/h1-2,5-9,11-14H,3-4,10H2,(H,21,24)(H,22,25,26)/t13-,14-/m0/s1. The van der Waals surface area contributed by atoms with Crippen LogP contribution >= 0.6 is 11.3 Å². The summed E-state index contributed by atoms with van der Waals surface area (Å²) < 4.78 is 2.43. The Morgan fingerprint density at radius 3 is 2.76 bits per heavy atom. The number of rotatable bonds is 5. The molecule has 4 aromatic heterocycles. The van der Waals surface area contributed by atoms with E-state index in [1.165, 1.54) is 10.7 Å². The lowest BCUT2D eigenvalue weighted by Crippen LogP contribution is -2.22. The molecule has 29 heavy (non-hydrogen) atoms. The van der Waals surface area contributed by atoms with Gasteiger partial charge in [-0.2, -0.15) is 9.78 Å². The topological polar surface area (TPSA) is 97.6 Å². The molecule has 1 aliphatic rings. The highest BCUT2D eigenvalue weighted by Gasteiger charge is 2.25. The van der Waals surface area contributed by atoms with Crippen molar-refractivity contribution in [1.82, 2.24) is 24.7 Å². The smallest absolute Gasteiger partial charge is 0.271 e. The van der Waals surface area contributed by atoms with Gasteiger partial charge in [0.15, 0.2) is 0 Å². The third-order valence-corrected chi connectivity index (χ3v) is 5.87. The normalized spacial score (nSPS) is 18.8. The number of nitrogens with one attached hydrogen (secondary N) is 2. The van der Waals surface area contributed by atoms with Crippen molar-refractivity contribution in [2.45, 2.75) is 31.3 Å². The fourth-order valence-corrected chi connectivity index (χ4v) is 4.31. The molecule has 0 radical (unpaired) electrons. The number of hydrogen-bond acceptors (Lipinski definition) is 8. The van der Waals surface area contributed by atoms with Gasteiger partial charge < -0.3 is 10.6 Å². The maximum absolute atomic E-state index is 11.9. The lowest BCUT2D eigenvalue weighted by molar-refractivity contribution is 0.717. The molecule has 4 heterocycles. The van der Waals surface area contributed by atoms with Crippen LogP contribution in [0.4, 0.5) is 11.8 Å². The number of pyridine rings is 1. The fraction of sp³-hybridized carbons (Fsp3) is 0.250. The van der Waals surface area contributed by atoms with Crippen molar-refractivity contribution in [3.8, 4) is 5.69 Å². The minimum atomic E-state index is -0.178. The summed E-state index contributed by atoms with van der Waals surface area (Å²) in [6.45, 7) is 0. The van der Waals surface area contributed by atoms with Crippen LogP contribution in [0, 0.1) is 0 Å². The first kappa shape index (κ1) is 17.7. The zero-order valence-corrected chi connectivity index (χ0v) is 16.3. The quantitative estimate of drug-likeness (QED) is 0.526. The second-order valence-corrected chi connectivity index (χ2v) is 7.98. The molecule has 146 valence electrons. The Morgan fingerprint density at radius 1 is 1.03 bits per heavy atom. The largest absolute Gasteiger partial charge is 0.367 e. The molecule has 1 fully saturated rings. The fourth-order valence-electron chi connectivity index (χ4n) is 3.62. The highest BCUT2D eigenvalue weighted by Crippen LogP contribution is 2.26. The number of hydrogen-bond donors (Lipinski definition) is 2. The molecule has 0 aromatic carbocycles. The van der Waals surface area contributed by atoms with Crippen molar-refractivity contribution >= 4 is 33.3 Å². The molecule has 0 amide bonds. The van der Waals surface area contributed by atoms with Gasteiger partial charge in [0.1, 0.15) is 5.82 Å². The first-order chi connectivity index (χ1) is 14.2. The van der Waals surface area contributed by atoms with Gasteiger partial charge in [0.05, 0.1) is 28.3 Å². The number of aromatic nitrogens is 5. The summed E-state index contributed by atoms with van der Waals surface area (Å²) in [5.41, 5.74) is 1.45. The summed E-state index contributed by atoms with van der Waals surface area (Å²) in [6.07, 6.45) is 8.17. The van der Waals surface area contributed by atoms with Gasteiger partial charge in [0, 0.05) is 24.3 Å². The molecule has 4 aromatic rings. The molecule has 1 saturated carbocycles. The molecule has 8 nitrogen and oxygen atoms in total. The summed E-state index contributed by atoms with van der Waals surface area (Å²) in [6, 6.07) is 9.49. The number of thiophene rings is 1. The second kappa shape index (κ2) is 7.59. The Labute approximate surface area is 170 Å². The van der Waals surface area contributed by atoms with Gasteiger partial charge in [-0.05, 0) is 48.9 Å². The van der Waals surface area contributed by atoms with E-state index in [9.17, 15) is 4.79 Å². The van der Waals surface area contributed by atoms with Gasteiger partial charge in [-0.25, -0.2) is 15.0 Å². The zero-order valence-electron chi connectivity index (χ0n) is 15.5. The second-order valence-electron chi connectivity index (χ2n) is 7.03. The van der Waals surface area contributed by atoms with Crippen LogP contribution in [0.25, 0.3) is 15.9 Å². The maximum atomic E-state index is 11.9. The molecule has 1 aliphatic carbocycles. The van der Waals surface area contributed by atoms with E-state index in [2.05, 4.69) is 30.7 Å². The van der Waals surface area contributed by atoms with Crippen LogP contribution in [0.5, 0.6) is 0 Å². The van der Waals surface area contributed by atoms with E-state index in [4.69, 9.17) is 0 Å².